The van der Waals surface area contributed by atoms with E-state index < -0.39 is 11.6 Å². The van der Waals surface area contributed by atoms with E-state index in [2.05, 4.69) is 14.8 Å². The van der Waals surface area contributed by atoms with Crippen LogP contribution in [-0.2, 0) is 24.2 Å². The van der Waals surface area contributed by atoms with E-state index in [0.717, 1.165) is 49.3 Å². The first-order chi connectivity index (χ1) is 12.2. The summed E-state index contributed by atoms with van der Waals surface area (Å²) in [6, 6.07) is 3.67. The van der Waals surface area contributed by atoms with E-state index in [9.17, 15) is 8.78 Å². The van der Waals surface area contributed by atoms with Crippen LogP contribution in [0.2, 0.25) is 0 Å². The zero-order valence-electron chi connectivity index (χ0n) is 13.9. The van der Waals surface area contributed by atoms with Crippen molar-refractivity contribution >= 4 is 5.95 Å². The molecule has 0 saturated carbocycles. The summed E-state index contributed by atoms with van der Waals surface area (Å²) in [7, 11) is 0. The van der Waals surface area contributed by atoms with E-state index in [1.807, 2.05) is 6.20 Å². The van der Waals surface area contributed by atoms with Gasteiger partial charge in [-0.15, -0.1) is 0 Å². The number of nitrogens with zero attached hydrogens (tertiary/aromatic N) is 4. The van der Waals surface area contributed by atoms with Crippen LogP contribution < -0.4 is 4.90 Å². The van der Waals surface area contributed by atoms with Gasteiger partial charge < -0.3 is 9.64 Å². The molecule has 25 heavy (non-hydrogen) atoms. The summed E-state index contributed by atoms with van der Waals surface area (Å²) >= 11 is 0. The zero-order valence-corrected chi connectivity index (χ0v) is 13.9. The van der Waals surface area contributed by atoms with Gasteiger partial charge in [0.05, 0.1) is 18.9 Å². The van der Waals surface area contributed by atoms with Gasteiger partial charge in [0.1, 0.15) is 11.6 Å². The second-order valence-electron chi connectivity index (χ2n) is 6.48. The Labute approximate surface area is 145 Å². The summed E-state index contributed by atoms with van der Waals surface area (Å²) in [6.45, 7) is 5.06. The molecule has 2 aliphatic heterocycles. The van der Waals surface area contributed by atoms with E-state index in [4.69, 9.17) is 9.72 Å². The first-order valence-corrected chi connectivity index (χ1v) is 8.52. The van der Waals surface area contributed by atoms with E-state index in [1.54, 1.807) is 0 Å². The number of benzene rings is 1. The van der Waals surface area contributed by atoms with Crippen LogP contribution in [-0.4, -0.2) is 47.7 Å². The van der Waals surface area contributed by atoms with Gasteiger partial charge in [-0.05, 0) is 17.7 Å². The summed E-state index contributed by atoms with van der Waals surface area (Å²) in [5.41, 5.74) is 2.80. The van der Waals surface area contributed by atoms with Crippen LogP contribution in [0.1, 0.15) is 16.8 Å². The Morgan fingerprint density at radius 1 is 1.04 bits per heavy atom. The van der Waals surface area contributed by atoms with Gasteiger partial charge in [-0.3, -0.25) is 4.90 Å². The fourth-order valence-corrected chi connectivity index (χ4v) is 3.38. The van der Waals surface area contributed by atoms with Gasteiger partial charge in [-0.1, -0.05) is 0 Å². The minimum Gasteiger partial charge on any atom is -0.378 e. The normalized spacial score (nSPS) is 18.2. The molecule has 4 rings (SSSR count). The van der Waals surface area contributed by atoms with Gasteiger partial charge in [-0.25, -0.2) is 18.7 Å². The molecule has 1 aromatic carbocycles. The summed E-state index contributed by atoms with van der Waals surface area (Å²) in [5.74, 6) is -0.306. The monoisotopic (exact) mass is 346 g/mol. The molecule has 0 amide bonds. The first-order valence-electron chi connectivity index (χ1n) is 8.52. The van der Waals surface area contributed by atoms with Crippen LogP contribution in [0.5, 0.6) is 0 Å². The molecular formula is C18H20F2N4O. The molecule has 5 nitrogen and oxygen atoms in total. The largest absolute Gasteiger partial charge is 0.378 e. The fraction of sp³-hybridized carbons (Fsp3) is 0.444. The molecule has 0 atom stereocenters. The van der Waals surface area contributed by atoms with Gasteiger partial charge in [0.2, 0.25) is 5.95 Å². The molecule has 1 aromatic heterocycles. The summed E-state index contributed by atoms with van der Waals surface area (Å²) in [6.07, 6.45) is 2.69. The molecule has 0 spiro atoms. The van der Waals surface area contributed by atoms with Crippen molar-refractivity contribution in [3.05, 3.63) is 52.9 Å². The Hall–Kier alpha value is -2.12. The maximum Gasteiger partial charge on any atom is 0.225 e. The third-order valence-electron chi connectivity index (χ3n) is 4.62. The van der Waals surface area contributed by atoms with Crippen LogP contribution >= 0.6 is 0 Å². The Kier molecular flexibility index (Phi) is 4.59. The van der Waals surface area contributed by atoms with Crippen molar-refractivity contribution in [1.82, 2.24) is 14.9 Å². The highest BCUT2D eigenvalue weighted by Crippen LogP contribution is 2.21. The molecule has 0 aliphatic carbocycles. The SMILES string of the molecule is Fc1cc(F)cc(CN2CCc3nc(N4CCOCC4)ncc3C2)c1. The fourth-order valence-electron chi connectivity index (χ4n) is 3.38. The zero-order chi connectivity index (χ0) is 17.2. The Bertz CT molecular complexity index is 744. The van der Waals surface area contributed by atoms with Crippen LogP contribution in [0.15, 0.2) is 24.4 Å². The summed E-state index contributed by atoms with van der Waals surface area (Å²) in [5, 5.41) is 0. The number of halogens is 2. The van der Waals surface area contributed by atoms with Crippen molar-refractivity contribution in [3.63, 3.8) is 0 Å². The predicted molar refractivity (Wildman–Crippen MR) is 89.2 cm³/mol. The molecule has 3 heterocycles. The van der Waals surface area contributed by atoms with E-state index in [0.29, 0.717) is 31.9 Å². The lowest BCUT2D eigenvalue weighted by atomic mass is 10.1. The Morgan fingerprint density at radius 2 is 1.80 bits per heavy atom. The summed E-state index contributed by atoms with van der Waals surface area (Å²) < 4.78 is 32.1. The van der Waals surface area contributed by atoms with Gasteiger partial charge >= 0.3 is 0 Å². The molecule has 0 N–H and O–H groups in total. The lowest BCUT2D eigenvalue weighted by Crippen LogP contribution is -2.38. The van der Waals surface area contributed by atoms with Crippen molar-refractivity contribution in [2.24, 2.45) is 0 Å². The first kappa shape index (κ1) is 16.4. The Balaban J connectivity index is 1.46. The Morgan fingerprint density at radius 3 is 2.56 bits per heavy atom. The van der Waals surface area contributed by atoms with Gasteiger partial charge in [0.15, 0.2) is 0 Å². The molecule has 1 fully saturated rings. The molecule has 0 bridgehead atoms. The third-order valence-corrected chi connectivity index (χ3v) is 4.62. The minimum atomic E-state index is -0.536. The second kappa shape index (κ2) is 7.01. The maximum atomic E-state index is 13.4. The van der Waals surface area contributed by atoms with E-state index in [-0.39, 0.29) is 0 Å². The molecule has 1 saturated heterocycles. The molecule has 7 heteroatoms. The molecule has 0 unspecified atom stereocenters. The van der Waals surface area contributed by atoms with E-state index >= 15 is 0 Å². The van der Waals surface area contributed by atoms with Crippen LogP contribution in [0.25, 0.3) is 0 Å². The van der Waals surface area contributed by atoms with E-state index in [1.165, 1.54) is 12.1 Å². The third kappa shape index (κ3) is 3.77. The smallest absolute Gasteiger partial charge is 0.225 e. The van der Waals surface area contributed by atoms with Crippen molar-refractivity contribution in [2.45, 2.75) is 19.5 Å². The number of hydrogen-bond acceptors (Lipinski definition) is 5. The summed E-state index contributed by atoms with van der Waals surface area (Å²) in [4.78, 5) is 13.5. The molecule has 0 radical (unpaired) electrons. The number of morpholine rings is 1. The van der Waals surface area contributed by atoms with Crippen LogP contribution in [0.4, 0.5) is 14.7 Å². The predicted octanol–water partition coefficient (Wildman–Crippen LogP) is 2.15. The average Bonchev–Trinajstić information content (AvgIpc) is 2.61. The molecule has 2 aliphatic rings. The highest BCUT2D eigenvalue weighted by atomic mass is 19.1. The average molecular weight is 346 g/mol. The van der Waals surface area contributed by atoms with Crippen LogP contribution in [0, 0.1) is 11.6 Å². The number of fused-ring (bicyclic) bond motifs is 1. The maximum absolute atomic E-state index is 13.4. The standard InChI is InChI=1S/C18H20F2N4O/c19-15-7-13(8-16(20)9-15)11-23-2-1-17-14(12-23)10-21-18(22-17)24-3-5-25-6-4-24/h7-10H,1-6,11-12H2. The number of rotatable bonds is 3. The second-order valence-corrected chi connectivity index (χ2v) is 6.48. The number of hydrogen-bond donors (Lipinski definition) is 0. The molecular weight excluding hydrogens is 326 g/mol. The van der Waals surface area contributed by atoms with Gasteiger partial charge in [-0.2, -0.15) is 0 Å². The highest BCUT2D eigenvalue weighted by Gasteiger charge is 2.21. The van der Waals surface area contributed by atoms with Gasteiger partial charge in [0.25, 0.3) is 0 Å². The lowest BCUT2D eigenvalue weighted by molar-refractivity contribution is 0.122. The minimum absolute atomic E-state index is 0.513. The number of anilines is 1. The quantitative estimate of drug-likeness (QED) is 0.852. The van der Waals surface area contributed by atoms with Gasteiger partial charge in [0, 0.05) is 57.0 Å². The highest BCUT2D eigenvalue weighted by molar-refractivity contribution is 5.34. The topological polar surface area (TPSA) is 41.5 Å². The molecule has 2 aromatic rings. The molecule has 132 valence electrons. The number of aromatic nitrogens is 2. The van der Waals surface area contributed by atoms with Crippen molar-refractivity contribution in [2.75, 3.05) is 37.7 Å². The number of ether oxygens (including phenoxy) is 1. The van der Waals surface area contributed by atoms with Crippen molar-refractivity contribution in [1.29, 1.82) is 0 Å². The van der Waals surface area contributed by atoms with Crippen LogP contribution in [0.3, 0.4) is 0 Å². The van der Waals surface area contributed by atoms with Crippen molar-refractivity contribution < 1.29 is 13.5 Å². The van der Waals surface area contributed by atoms with Crippen molar-refractivity contribution in [3.8, 4) is 0 Å². The lowest BCUT2D eigenvalue weighted by Gasteiger charge is -2.30.